The predicted molar refractivity (Wildman–Crippen MR) is 80.8 cm³/mol. The molecule has 0 unspecified atom stereocenters. The third kappa shape index (κ3) is 4.05. The van der Waals surface area contributed by atoms with Gasteiger partial charge < -0.3 is 11.1 Å². The Labute approximate surface area is 120 Å². The number of benzene rings is 1. The zero-order chi connectivity index (χ0) is 13.7. The molecule has 6 heteroatoms. The van der Waals surface area contributed by atoms with Gasteiger partial charge >= 0.3 is 0 Å². The summed E-state index contributed by atoms with van der Waals surface area (Å²) in [5.74, 6) is -0.217. The lowest BCUT2D eigenvalue weighted by molar-refractivity contribution is -0.114. The maximum atomic E-state index is 11.1. The van der Waals surface area contributed by atoms with Crippen LogP contribution in [0.5, 0.6) is 0 Å². The molecule has 100 valence electrons. The first-order valence-corrected chi connectivity index (χ1v) is 7.89. The monoisotopic (exact) mass is 293 g/mol. The number of rotatable bonds is 5. The van der Waals surface area contributed by atoms with Crippen molar-refractivity contribution >= 4 is 34.1 Å². The van der Waals surface area contributed by atoms with Crippen LogP contribution in [-0.2, 0) is 11.2 Å². The second-order valence-electron chi connectivity index (χ2n) is 3.92. The van der Waals surface area contributed by atoms with Crippen LogP contribution in [0.3, 0.4) is 0 Å². The van der Waals surface area contributed by atoms with Gasteiger partial charge in [0, 0.05) is 16.7 Å². The summed E-state index contributed by atoms with van der Waals surface area (Å²) in [4.78, 5) is 16.8. The maximum absolute atomic E-state index is 11.1. The van der Waals surface area contributed by atoms with E-state index in [1.807, 2.05) is 5.38 Å². The first-order chi connectivity index (χ1) is 9.21. The van der Waals surface area contributed by atoms with E-state index in [4.69, 9.17) is 5.73 Å². The van der Waals surface area contributed by atoms with Crippen LogP contribution in [0, 0.1) is 0 Å². The minimum Gasteiger partial charge on any atom is -0.322 e. The number of hydrogen-bond donors (Lipinski definition) is 2. The Bertz CT molecular complexity index is 551. The van der Waals surface area contributed by atoms with Gasteiger partial charge in [0.05, 0.1) is 12.2 Å². The quantitative estimate of drug-likeness (QED) is 0.830. The zero-order valence-corrected chi connectivity index (χ0v) is 12.2. The largest absolute Gasteiger partial charge is 0.322 e. The number of nitrogens with two attached hydrogens (primary N) is 1. The van der Waals surface area contributed by atoms with Gasteiger partial charge in [0.15, 0.2) is 5.13 Å². The van der Waals surface area contributed by atoms with Gasteiger partial charge in [-0.2, -0.15) is 0 Å². The molecule has 4 nitrogen and oxygen atoms in total. The average molecular weight is 293 g/mol. The third-order valence-electron chi connectivity index (χ3n) is 2.53. The number of anilines is 1. The van der Waals surface area contributed by atoms with Crippen LogP contribution in [0.15, 0.2) is 34.5 Å². The Morgan fingerprint density at radius 3 is 2.79 bits per heavy atom. The summed E-state index contributed by atoms with van der Waals surface area (Å²) in [7, 11) is 0. The molecular formula is C13H15N3OS2. The fraction of sp³-hybridized carbons (Fsp3) is 0.231. The van der Waals surface area contributed by atoms with Crippen molar-refractivity contribution in [3.05, 3.63) is 40.9 Å². The minimum absolute atomic E-state index is 0.0228. The van der Waals surface area contributed by atoms with E-state index in [0.717, 1.165) is 12.1 Å². The Morgan fingerprint density at radius 1 is 1.42 bits per heavy atom. The summed E-state index contributed by atoms with van der Waals surface area (Å²) in [6, 6.07) is 8.40. The average Bonchev–Trinajstić information content (AvgIpc) is 2.86. The number of carbonyl (C=O) groups is 1. The van der Waals surface area contributed by atoms with Gasteiger partial charge in [0.1, 0.15) is 0 Å². The number of nitrogens with zero attached hydrogens (tertiary/aromatic N) is 1. The molecule has 2 rings (SSSR count). The molecule has 1 heterocycles. The van der Waals surface area contributed by atoms with Crippen molar-refractivity contribution in [1.82, 2.24) is 4.98 Å². The molecule has 0 radical (unpaired) electrons. The fourth-order valence-corrected chi connectivity index (χ4v) is 2.70. The van der Waals surface area contributed by atoms with E-state index >= 15 is 0 Å². The Morgan fingerprint density at radius 2 is 2.16 bits per heavy atom. The van der Waals surface area contributed by atoms with Gasteiger partial charge in [-0.25, -0.2) is 4.98 Å². The smallest absolute Gasteiger partial charge is 0.239 e. The SMILES string of the molecule is CSc1ccc(Cc2csc(NC(=O)CN)n2)cc1. The summed E-state index contributed by atoms with van der Waals surface area (Å²) in [6.45, 7) is -0.0228. The highest BCUT2D eigenvalue weighted by Crippen LogP contribution is 2.20. The third-order valence-corrected chi connectivity index (χ3v) is 4.08. The summed E-state index contributed by atoms with van der Waals surface area (Å²) in [5, 5.41) is 5.21. The molecule has 0 aliphatic rings. The van der Waals surface area contributed by atoms with Crippen molar-refractivity contribution in [1.29, 1.82) is 0 Å². The molecule has 0 spiro atoms. The van der Waals surface area contributed by atoms with Crippen LogP contribution in [-0.4, -0.2) is 23.7 Å². The van der Waals surface area contributed by atoms with Crippen molar-refractivity contribution in [3.8, 4) is 0 Å². The molecule has 2 aromatic rings. The molecule has 3 N–H and O–H groups in total. The van der Waals surface area contributed by atoms with Crippen LogP contribution < -0.4 is 11.1 Å². The van der Waals surface area contributed by atoms with Crippen molar-refractivity contribution in [2.75, 3.05) is 18.1 Å². The Hall–Kier alpha value is -1.37. The molecule has 1 aromatic heterocycles. The van der Waals surface area contributed by atoms with E-state index in [1.165, 1.54) is 21.8 Å². The predicted octanol–water partition coefficient (Wildman–Crippen LogP) is 2.35. The van der Waals surface area contributed by atoms with E-state index in [0.29, 0.717) is 5.13 Å². The minimum atomic E-state index is -0.217. The molecule has 19 heavy (non-hydrogen) atoms. The Balaban J connectivity index is 2.00. The number of hydrogen-bond acceptors (Lipinski definition) is 5. The number of carbonyl (C=O) groups excluding carboxylic acids is 1. The van der Waals surface area contributed by atoms with Gasteiger partial charge in [-0.15, -0.1) is 23.1 Å². The molecule has 0 atom stereocenters. The second kappa shape index (κ2) is 6.70. The molecule has 0 aliphatic carbocycles. The normalized spacial score (nSPS) is 10.4. The first-order valence-electron chi connectivity index (χ1n) is 5.78. The second-order valence-corrected chi connectivity index (χ2v) is 5.66. The van der Waals surface area contributed by atoms with Crippen LogP contribution in [0.2, 0.25) is 0 Å². The van der Waals surface area contributed by atoms with E-state index in [-0.39, 0.29) is 12.5 Å². The standard InChI is InChI=1S/C13H15N3OS2/c1-18-11-4-2-9(3-5-11)6-10-8-19-13(15-10)16-12(17)7-14/h2-5,8H,6-7,14H2,1H3,(H,15,16,17). The van der Waals surface area contributed by atoms with Gasteiger partial charge in [0.2, 0.25) is 5.91 Å². The van der Waals surface area contributed by atoms with Crippen LogP contribution in [0.25, 0.3) is 0 Å². The van der Waals surface area contributed by atoms with Crippen molar-refractivity contribution in [3.63, 3.8) is 0 Å². The lowest BCUT2D eigenvalue weighted by Gasteiger charge is -2.00. The molecule has 0 saturated carbocycles. The topological polar surface area (TPSA) is 68.0 Å². The first kappa shape index (κ1) is 14.0. The summed E-state index contributed by atoms with van der Waals surface area (Å²) < 4.78 is 0. The Kier molecular flexibility index (Phi) is 4.95. The number of thiazole rings is 1. The van der Waals surface area contributed by atoms with Gasteiger partial charge in [-0.1, -0.05) is 12.1 Å². The van der Waals surface area contributed by atoms with E-state index in [1.54, 1.807) is 11.8 Å². The van der Waals surface area contributed by atoms with Crippen molar-refractivity contribution in [2.24, 2.45) is 5.73 Å². The van der Waals surface area contributed by atoms with E-state index in [9.17, 15) is 4.79 Å². The van der Waals surface area contributed by atoms with Crippen LogP contribution >= 0.6 is 23.1 Å². The molecule has 0 saturated heterocycles. The van der Waals surface area contributed by atoms with Crippen molar-refractivity contribution < 1.29 is 4.79 Å². The lowest BCUT2D eigenvalue weighted by atomic mass is 10.1. The highest BCUT2D eigenvalue weighted by molar-refractivity contribution is 7.98. The highest BCUT2D eigenvalue weighted by Gasteiger charge is 2.05. The fourth-order valence-electron chi connectivity index (χ4n) is 1.57. The van der Waals surface area contributed by atoms with E-state index in [2.05, 4.69) is 40.8 Å². The lowest BCUT2D eigenvalue weighted by Crippen LogP contribution is -2.21. The summed E-state index contributed by atoms with van der Waals surface area (Å²) in [6.07, 6.45) is 2.82. The summed E-state index contributed by atoms with van der Waals surface area (Å²) >= 11 is 3.14. The molecule has 1 aromatic carbocycles. The number of amides is 1. The van der Waals surface area contributed by atoms with Gasteiger partial charge in [0.25, 0.3) is 0 Å². The van der Waals surface area contributed by atoms with Gasteiger partial charge in [-0.05, 0) is 24.0 Å². The maximum Gasteiger partial charge on any atom is 0.239 e. The van der Waals surface area contributed by atoms with Crippen molar-refractivity contribution in [2.45, 2.75) is 11.3 Å². The molecular weight excluding hydrogens is 278 g/mol. The number of nitrogens with one attached hydrogen (secondary N) is 1. The highest BCUT2D eigenvalue weighted by atomic mass is 32.2. The molecule has 0 bridgehead atoms. The molecule has 0 aliphatic heterocycles. The summed E-state index contributed by atoms with van der Waals surface area (Å²) in [5.41, 5.74) is 7.40. The number of thioether (sulfide) groups is 1. The van der Waals surface area contributed by atoms with Gasteiger partial charge in [-0.3, -0.25) is 4.79 Å². The van der Waals surface area contributed by atoms with Crippen LogP contribution in [0.1, 0.15) is 11.3 Å². The molecule has 1 amide bonds. The molecule has 0 fully saturated rings. The zero-order valence-electron chi connectivity index (χ0n) is 10.6. The number of aromatic nitrogens is 1. The van der Waals surface area contributed by atoms with Crippen LogP contribution in [0.4, 0.5) is 5.13 Å². The van der Waals surface area contributed by atoms with E-state index < -0.39 is 0 Å².